The molecule has 2 N–H and O–H groups in total. The molecule has 1 saturated heterocycles. The third-order valence-corrected chi connectivity index (χ3v) is 5.86. The number of carbonyl (C=O) groups is 2. The first kappa shape index (κ1) is 21.2. The molecule has 2 amide bonds. The first-order chi connectivity index (χ1) is 12.5. The van der Waals surface area contributed by atoms with Gasteiger partial charge in [0.05, 0.1) is 0 Å². The number of hydrogen-bond donors (Lipinski definition) is 2. The highest BCUT2D eigenvalue weighted by Crippen LogP contribution is 2.26. The lowest BCUT2D eigenvalue weighted by Crippen LogP contribution is -2.37. The van der Waals surface area contributed by atoms with E-state index in [-0.39, 0.29) is 29.5 Å². The van der Waals surface area contributed by atoms with Crippen molar-refractivity contribution in [2.45, 2.75) is 51.0 Å². The van der Waals surface area contributed by atoms with Gasteiger partial charge < -0.3 is 19.8 Å². The van der Waals surface area contributed by atoms with Crippen molar-refractivity contribution in [1.82, 2.24) is 14.9 Å². The van der Waals surface area contributed by atoms with Crippen LogP contribution in [0.3, 0.4) is 0 Å². The summed E-state index contributed by atoms with van der Waals surface area (Å²) in [6.07, 6.45) is 1.08. The molecule has 1 aromatic rings. The normalized spacial score (nSPS) is 15.6. The van der Waals surface area contributed by atoms with E-state index in [9.17, 15) is 18.0 Å². The zero-order valence-electron chi connectivity index (χ0n) is 16.1. The van der Waals surface area contributed by atoms with Crippen molar-refractivity contribution in [2.75, 3.05) is 26.2 Å². The molecule has 1 aliphatic rings. The highest BCUT2D eigenvalue weighted by molar-refractivity contribution is 7.89. The van der Waals surface area contributed by atoms with E-state index in [0.29, 0.717) is 13.1 Å². The average Bonchev–Trinajstić information content (AvgIpc) is 3.19. The van der Waals surface area contributed by atoms with Gasteiger partial charge in [0.2, 0.25) is 10.0 Å². The second-order valence-electron chi connectivity index (χ2n) is 7.33. The van der Waals surface area contributed by atoms with E-state index in [0.717, 1.165) is 12.8 Å². The fourth-order valence-electron chi connectivity index (χ4n) is 2.64. The lowest BCUT2D eigenvalue weighted by Gasteiger charge is -2.19. The number of aryl methyl sites for hydroxylation is 1. The lowest BCUT2D eigenvalue weighted by atomic mass is 10.2. The molecule has 2 heterocycles. The molecule has 27 heavy (non-hydrogen) atoms. The molecule has 1 aliphatic heterocycles. The fourth-order valence-corrected chi connectivity index (χ4v) is 4.32. The SMILES string of the molecule is Cc1oc(C(=O)NCCNC(=O)OC(C)(C)C)cc1S(=O)(=O)N1CCCC1. The van der Waals surface area contributed by atoms with Gasteiger partial charge >= 0.3 is 6.09 Å². The van der Waals surface area contributed by atoms with Crippen LogP contribution in [0.2, 0.25) is 0 Å². The number of sulfonamides is 1. The second-order valence-corrected chi connectivity index (χ2v) is 9.23. The molecule has 10 heteroatoms. The number of nitrogens with zero attached hydrogens (tertiary/aromatic N) is 1. The topological polar surface area (TPSA) is 118 Å². The van der Waals surface area contributed by atoms with Crippen molar-refractivity contribution in [1.29, 1.82) is 0 Å². The van der Waals surface area contributed by atoms with Crippen LogP contribution in [-0.2, 0) is 14.8 Å². The standard InChI is InChI=1S/C17H27N3O6S/c1-12-14(27(23,24)20-9-5-6-10-20)11-13(25-12)15(21)18-7-8-19-16(22)26-17(2,3)4/h11H,5-10H2,1-4H3,(H,18,21)(H,19,22). The molecule has 0 aromatic carbocycles. The van der Waals surface area contributed by atoms with E-state index in [1.165, 1.54) is 17.3 Å². The van der Waals surface area contributed by atoms with Gasteiger partial charge in [-0.25, -0.2) is 13.2 Å². The summed E-state index contributed by atoms with van der Waals surface area (Å²) in [5, 5.41) is 5.08. The van der Waals surface area contributed by atoms with E-state index in [1.54, 1.807) is 20.8 Å². The molecule has 0 radical (unpaired) electrons. The van der Waals surface area contributed by atoms with Gasteiger partial charge in [-0.2, -0.15) is 4.31 Å². The third-order valence-electron chi connectivity index (χ3n) is 3.86. The zero-order chi connectivity index (χ0) is 20.2. The first-order valence-electron chi connectivity index (χ1n) is 8.86. The summed E-state index contributed by atoms with van der Waals surface area (Å²) >= 11 is 0. The Kier molecular flexibility index (Phi) is 6.53. The second kappa shape index (κ2) is 8.30. The molecule has 0 bridgehead atoms. The van der Waals surface area contributed by atoms with Crippen LogP contribution in [0.15, 0.2) is 15.4 Å². The number of ether oxygens (including phenoxy) is 1. The lowest BCUT2D eigenvalue weighted by molar-refractivity contribution is 0.0526. The molecule has 1 aromatic heterocycles. The number of alkyl carbamates (subject to hydrolysis) is 1. The summed E-state index contributed by atoms with van der Waals surface area (Å²) in [6, 6.07) is 1.25. The number of furan rings is 1. The maximum atomic E-state index is 12.6. The Morgan fingerprint density at radius 2 is 1.78 bits per heavy atom. The van der Waals surface area contributed by atoms with Gasteiger partial charge in [0.15, 0.2) is 5.76 Å². The monoisotopic (exact) mass is 401 g/mol. The van der Waals surface area contributed by atoms with Gasteiger partial charge in [0, 0.05) is 32.2 Å². The highest BCUT2D eigenvalue weighted by atomic mass is 32.2. The summed E-state index contributed by atoms with van der Waals surface area (Å²) in [5.74, 6) is -0.451. The van der Waals surface area contributed by atoms with Gasteiger partial charge in [0.1, 0.15) is 16.3 Å². The molecule has 0 atom stereocenters. The number of amides is 2. The van der Waals surface area contributed by atoms with E-state index in [1.807, 2.05) is 0 Å². The highest BCUT2D eigenvalue weighted by Gasteiger charge is 2.31. The maximum absolute atomic E-state index is 12.6. The molecule has 1 fully saturated rings. The van der Waals surface area contributed by atoms with Crippen LogP contribution in [-0.4, -0.2) is 56.5 Å². The number of carbonyl (C=O) groups excluding carboxylic acids is 2. The number of nitrogens with one attached hydrogen (secondary N) is 2. The minimum Gasteiger partial charge on any atom is -0.455 e. The molecule has 0 aliphatic carbocycles. The third kappa shape index (κ3) is 5.70. The molecule has 152 valence electrons. The van der Waals surface area contributed by atoms with Crippen LogP contribution in [0.1, 0.15) is 49.9 Å². The summed E-state index contributed by atoms with van der Waals surface area (Å²) < 4.78 is 37.0. The zero-order valence-corrected chi connectivity index (χ0v) is 16.9. The Balaban J connectivity index is 1.90. The van der Waals surface area contributed by atoms with Crippen LogP contribution >= 0.6 is 0 Å². The predicted molar refractivity (Wildman–Crippen MR) is 98.0 cm³/mol. The Bertz CT molecular complexity index is 788. The summed E-state index contributed by atoms with van der Waals surface area (Å²) in [7, 11) is -3.65. The van der Waals surface area contributed by atoms with E-state index >= 15 is 0 Å². The van der Waals surface area contributed by atoms with Crippen molar-refractivity contribution < 1.29 is 27.2 Å². The first-order valence-corrected chi connectivity index (χ1v) is 10.3. The van der Waals surface area contributed by atoms with Gasteiger partial charge in [-0.05, 0) is 40.5 Å². The maximum Gasteiger partial charge on any atom is 0.407 e. The Morgan fingerprint density at radius 1 is 1.19 bits per heavy atom. The van der Waals surface area contributed by atoms with Gasteiger partial charge in [0.25, 0.3) is 5.91 Å². The van der Waals surface area contributed by atoms with Gasteiger partial charge in [-0.3, -0.25) is 4.79 Å². The molecule has 0 spiro atoms. The van der Waals surface area contributed by atoms with E-state index < -0.39 is 27.6 Å². The molecular formula is C17H27N3O6S. The minimum absolute atomic E-state index is 0.0152. The molecule has 2 rings (SSSR count). The van der Waals surface area contributed by atoms with Gasteiger partial charge in [-0.15, -0.1) is 0 Å². The van der Waals surface area contributed by atoms with E-state index in [2.05, 4.69) is 10.6 Å². The van der Waals surface area contributed by atoms with Crippen molar-refractivity contribution >= 4 is 22.0 Å². The van der Waals surface area contributed by atoms with Gasteiger partial charge in [-0.1, -0.05) is 0 Å². The van der Waals surface area contributed by atoms with Crippen LogP contribution in [0.5, 0.6) is 0 Å². The molecular weight excluding hydrogens is 374 g/mol. The van der Waals surface area contributed by atoms with Crippen molar-refractivity contribution in [2.24, 2.45) is 0 Å². The molecule has 0 saturated carbocycles. The number of rotatable bonds is 6. The predicted octanol–water partition coefficient (Wildman–Crippen LogP) is 1.63. The summed E-state index contributed by atoms with van der Waals surface area (Å²) in [6.45, 7) is 8.04. The molecule has 9 nitrogen and oxygen atoms in total. The Labute approximate surface area is 159 Å². The molecule has 0 unspecified atom stereocenters. The minimum atomic E-state index is -3.65. The van der Waals surface area contributed by atoms with Crippen molar-refractivity contribution in [3.8, 4) is 0 Å². The Morgan fingerprint density at radius 3 is 2.37 bits per heavy atom. The van der Waals surface area contributed by atoms with Crippen LogP contribution in [0.4, 0.5) is 4.79 Å². The summed E-state index contributed by atoms with van der Waals surface area (Å²) in [5.41, 5.74) is -0.601. The van der Waals surface area contributed by atoms with Crippen molar-refractivity contribution in [3.05, 3.63) is 17.6 Å². The van der Waals surface area contributed by atoms with Crippen LogP contribution in [0.25, 0.3) is 0 Å². The average molecular weight is 401 g/mol. The number of hydrogen-bond acceptors (Lipinski definition) is 6. The fraction of sp³-hybridized carbons (Fsp3) is 0.647. The van der Waals surface area contributed by atoms with Crippen molar-refractivity contribution in [3.63, 3.8) is 0 Å². The largest absolute Gasteiger partial charge is 0.455 e. The van der Waals surface area contributed by atoms with Crippen LogP contribution < -0.4 is 10.6 Å². The summed E-state index contributed by atoms with van der Waals surface area (Å²) in [4.78, 5) is 23.7. The van der Waals surface area contributed by atoms with E-state index in [4.69, 9.17) is 9.15 Å². The smallest absolute Gasteiger partial charge is 0.407 e. The van der Waals surface area contributed by atoms with Crippen LogP contribution in [0, 0.1) is 6.92 Å². The Hall–Kier alpha value is -2.07. The quantitative estimate of drug-likeness (QED) is 0.700.